The van der Waals surface area contributed by atoms with E-state index in [4.69, 9.17) is 28.2 Å². The number of carbonyl (C=O) groups is 1. The summed E-state index contributed by atoms with van der Waals surface area (Å²) in [5.74, 6) is 0.907. The standard InChI is InChI=1S/C39H38Cl2N4O3/c1-26(48)21-36(42-24-27-9-15-34(40)35(41)22-27)30-12-16-38-37(23-30)43-39(29-10-13-32(14-11-29)44(17-19-46)18-20-47)45(38)25-31-7-4-6-28-5-2-3-8-33(28)31/h2-16,22-23,36,42,46-47H,17-21,24-25H2,1H3. The summed E-state index contributed by atoms with van der Waals surface area (Å²) in [5, 5.41) is 26.0. The van der Waals surface area contributed by atoms with Crippen LogP contribution in [0.5, 0.6) is 0 Å². The SMILES string of the molecule is CC(=O)CC(NCc1ccc(Cl)c(Cl)c1)c1ccc2c(c1)nc(-c1ccc(N(CCO)CCO)cc1)n2Cc1cccc2ccccc12. The number of fused-ring (bicyclic) bond motifs is 2. The lowest BCUT2D eigenvalue weighted by Gasteiger charge is -2.23. The van der Waals surface area contributed by atoms with E-state index in [1.807, 2.05) is 41.3 Å². The largest absolute Gasteiger partial charge is 0.395 e. The molecule has 0 saturated heterocycles. The number of ketones is 1. The van der Waals surface area contributed by atoms with Crippen molar-refractivity contribution in [3.05, 3.63) is 130 Å². The molecule has 1 unspecified atom stereocenters. The average molecular weight is 682 g/mol. The average Bonchev–Trinajstić information content (AvgIpc) is 3.45. The fraction of sp³-hybridized carbons (Fsp3) is 0.231. The van der Waals surface area contributed by atoms with Crippen LogP contribution >= 0.6 is 23.2 Å². The van der Waals surface area contributed by atoms with Crippen LogP contribution in [0.3, 0.4) is 0 Å². The molecule has 6 aromatic rings. The molecule has 1 heterocycles. The Hall–Kier alpha value is -4.24. The minimum absolute atomic E-state index is 0.00215. The van der Waals surface area contributed by atoms with Crippen molar-refractivity contribution in [2.24, 2.45) is 0 Å². The van der Waals surface area contributed by atoms with Crippen molar-refractivity contribution in [3.8, 4) is 11.4 Å². The first-order valence-corrected chi connectivity index (χ1v) is 16.8. The minimum atomic E-state index is -0.226. The Morgan fingerprint density at radius 2 is 1.62 bits per heavy atom. The second-order valence-corrected chi connectivity index (χ2v) is 12.8. The lowest BCUT2D eigenvalue weighted by atomic mass is 10.0. The third-order valence-corrected chi connectivity index (χ3v) is 9.38. The number of Topliss-reactive ketones (excluding diaryl/α,β-unsaturated/α-hetero) is 1. The quantitative estimate of drug-likeness (QED) is 0.109. The van der Waals surface area contributed by atoms with Gasteiger partial charge in [-0.3, -0.25) is 4.79 Å². The van der Waals surface area contributed by atoms with Crippen LogP contribution in [0.4, 0.5) is 5.69 Å². The number of hydrogen-bond acceptors (Lipinski definition) is 6. The molecule has 7 nitrogen and oxygen atoms in total. The number of imidazole rings is 1. The van der Waals surface area contributed by atoms with E-state index in [1.54, 1.807) is 13.0 Å². The lowest BCUT2D eigenvalue weighted by molar-refractivity contribution is -0.117. The van der Waals surface area contributed by atoms with Crippen LogP contribution in [0.15, 0.2) is 103 Å². The number of benzene rings is 5. The highest BCUT2D eigenvalue weighted by Crippen LogP contribution is 2.32. The number of carbonyl (C=O) groups excluding carboxylic acids is 1. The molecule has 0 saturated carbocycles. The maximum atomic E-state index is 12.4. The predicted molar refractivity (Wildman–Crippen MR) is 196 cm³/mol. The van der Waals surface area contributed by atoms with Gasteiger partial charge < -0.3 is 25.0 Å². The van der Waals surface area contributed by atoms with Gasteiger partial charge in [0.2, 0.25) is 0 Å². The zero-order valence-corrected chi connectivity index (χ0v) is 28.3. The first-order chi connectivity index (χ1) is 23.3. The smallest absolute Gasteiger partial charge is 0.141 e. The fourth-order valence-electron chi connectivity index (χ4n) is 6.26. The Morgan fingerprint density at radius 3 is 2.35 bits per heavy atom. The van der Waals surface area contributed by atoms with Gasteiger partial charge >= 0.3 is 0 Å². The van der Waals surface area contributed by atoms with E-state index >= 15 is 0 Å². The van der Waals surface area contributed by atoms with Crippen molar-refractivity contribution in [3.63, 3.8) is 0 Å². The summed E-state index contributed by atoms with van der Waals surface area (Å²) >= 11 is 12.4. The van der Waals surface area contributed by atoms with Gasteiger partial charge in [-0.2, -0.15) is 0 Å². The number of aliphatic hydroxyl groups is 2. The fourth-order valence-corrected chi connectivity index (χ4v) is 6.58. The molecule has 0 fully saturated rings. The Labute approximate surface area is 290 Å². The third kappa shape index (κ3) is 7.57. The monoisotopic (exact) mass is 680 g/mol. The molecular weight excluding hydrogens is 643 g/mol. The number of aromatic nitrogens is 2. The third-order valence-electron chi connectivity index (χ3n) is 8.64. The molecule has 0 amide bonds. The van der Waals surface area contributed by atoms with Crippen molar-refractivity contribution >= 4 is 56.5 Å². The molecule has 3 N–H and O–H groups in total. The molecule has 0 spiro atoms. The van der Waals surface area contributed by atoms with Gasteiger partial charge in [-0.1, -0.05) is 77.8 Å². The van der Waals surface area contributed by atoms with Crippen molar-refractivity contribution < 1.29 is 15.0 Å². The van der Waals surface area contributed by atoms with Crippen molar-refractivity contribution in [2.45, 2.75) is 32.5 Å². The van der Waals surface area contributed by atoms with Crippen molar-refractivity contribution in [1.82, 2.24) is 14.9 Å². The van der Waals surface area contributed by atoms with Crippen LogP contribution in [0.1, 0.15) is 36.1 Å². The number of aliphatic hydroxyl groups excluding tert-OH is 2. The van der Waals surface area contributed by atoms with Crippen LogP contribution in [-0.4, -0.2) is 51.9 Å². The second-order valence-electron chi connectivity index (χ2n) is 12.0. The Morgan fingerprint density at radius 1 is 0.875 bits per heavy atom. The highest BCUT2D eigenvalue weighted by atomic mass is 35.5. The first-order valence-electron chi connectivity index (χ1n) is 16.0. The van der Waals surface area contributed by atoms with E-state index in [0.29, 0.717) is 42.6 Å². The summed E-state index contributed by atoms with van der Waals surface area (Å²) in [6.07, 6.45) is 0.329. The summed E-state index contributed by atoms with van der Waals surface area (Å²) in [6, 6.07) is 34.4. The molecule has 0 aliphatic rings. The van der Waals surface area contributed by atoms with E-state index in [2.05, 4.69) is 70.5 Å². The van der Waals surface area contributed by atoms with Crippen LogP contribution in [0.2, 0.25) is 10.0 Å². The zero-order valence-electron chi connectivity index (χ0n) is 26.7. The molecular formula is C39H38Cl2N4O3. The van der Waals surface area contributed by atoms with E-state index in [-0.39, 0.29) is 25.0 Å². The first kappa shape index (κ1) is 33.7. The number of hydrogen-bond donors (Lipinski definition) is 3. The Kier molecular flexibility index (Phi) is 10.7. The maximum absolute atomic E-state index is 12.4. The molecule has 5 aromatic carbocycles. The lowest BCUT2D eigenvalue weighted by Crippen LogP contribution is -2.29. The molecule has 0 radical (unpaired) electrons. The Bertz CT molecular complexity index is 2030. The topological polar surface area (TPSA) is 90.6 Å². The van der Waals surface area contributed by atoms with Crippen LogP contribution in [-0.2, 0) is 17.9 Å². The van der Waals surface area contributed by atoms with E-state index in [0.717, 1.165) is 39.2 Å². The van der Waals surface area contributed by atoms with Crippen molar-refractivity contribution in [2.75, 3.05) is 31.2 Å². The molecule has 246 valence electrons. The second kappa shape index (κ2) is 15.3. The molecule has 6 rings (SSSR count). The molecule has 9 heteroatoms. The number of nitrogens with zero attached hydrogens (tertiary/aromatic N) is 3. The highest BCUT2D eigenvalue weighted by molar-refractivity contribution is 6.42. The normalized spacial score (nSPS) is 12.1. The van der Waals surface area contributed by atoms with E-state index < -0.39 is 0 Å². The van der Waals surface area contributed by atoms with Gasteiger partial charge in [0.05, 0.1) is 40.8 Å². The van der Waals surface area contributed by atoms with E-state index in [9.17, 15) is 15.0 Å². The number of nitrogens with one attached hydrogen (secondary N) is 1. The number of anilines is 1. The van der Waals surface area contributed by atoms with Gasteiger partial charge in [0.1, 0.15) is 11.6 Å². The molecule has 0 bridgehead atoms. The summed E-state index contributed by atoms with van der Waals surface area (Å²) in [7, 11) is 0. The van der Waals surface area contributed by atoms with Gasteiger partial charge in [0.25, 0.3) is 0 Å². The van der Waals surface area contributed by atoms with Gasteiger partial charge in [-0.15, -0.1) is 0 Å². The molecule has 0 aliphatic heterocycles. The summed E-state index contributed by atoms with van der Waals surface area (Å²) < 4.78 is 2.25. The Balaban J connectivity index is 1.40. The predicted octanol–water partition coefficient (Wildman–Crippen LogP) is 7.81. The summed E-state index contributed by atoms with van der Waals surface area (Å²) in [5.41, 5.74) is 6.81. The van der Waals surface area contributed by atoms with Gasteiger partial charge in [0, 0.05) is 43.3 Å². The maximum Gasteiger partial charge on any atom is 0.141 e. The molecule has 48 heavy (non-hydrogen) atoms. The number of rotatable bonds is 14. The molecule has 1 atom stereocenters. The van der Waals surface area contributed by atoms with Crippen LogP contribution < -0.4 is 10.2 Å². The van der Waals surface area contributed by atoms with Gasteiger partial charge in [-0.25, -0.2) is 4.98 Å². The van der Waals surface area contributed by atoms with Gasteiger partial charge in [-0.05, 0) is 82.9 Å². The number of halogens is 2. The summed E-state index contributed by atoms with van der Waals surface area (Å²) in [4.78, 5) is 19.5. The van der Waals surface area contributed by atoms with Crippen LogP contribution in [0.25, 0.3) is 33.2 Å². The highest BCUT2D eigenvalue weighted by Gasteiger charge is 2.19. The minimum Gasteiger partial charge on any atom is -0.395 e. The zero-order chi connectivity index (χ0) is 33.6. The van der Waals surface area contributed by atoms with Gasteiger partial charge in [0.15, 0.2) is 0 Å². The molecule has 0 aliphatic carbocycles. The molecule has 1 aromatic heterocycles. The van der Waals surface area contributed by atoms with E-state index in [1.165, 1.54) is 16.3 Å². The van der Waals surface area contributed by atoms with Crippen LogP contribution in [0, 0.1) is 0 Å². The van der Waals surface area contributed by atoms with Crippen molar-refractivity contribution in [1.29, 1.82) is 0 Å². The summed E-state index contributed by atoms with van der Waals surface area (Å²) in [6.45, 7) is 3.60.